The van der Waals surface area contributed by atoms with Crippen LogP contribution in [-0.4, -0.2) is 33.1 Å². The highest BCUT2D eigenvalue weighted by Crippen LogP contribution is 2.34. The third-order valence-electron chi connectivity index (χ3n) is 3.11. The lowest BCUT2D eigenvalue weighted by Crippen LogP contribution is -2.52. The van der Waals surface area contributed by atoms with Gasteiger partial charge in [-0.3, -0.25) is 9.69 Å². The summed E-state index contributed by atoms with van der Waals surface area (Å²) in [4.78, 5) is 35.2. The molecule has 1 atom stereocenters. The van der Waals surface area contributed by atoms with Crippen LogP contribution in [0.25, 0.3) is 6.08 Å². The van der Waals surface area contributed by atoms with Gasteiger partial charge < -0.3 is 19.8 Å². The molecule has 0 aromatic heterocycles. The van der Waals surface area contributed by atoms with Crippen LogP contribution in [0.2, 0.25) is 0 Å². The zero-order valence-corrected chi connectivity index (χ0v) is 13.6. The van der Waals surface area contributed by atoms with Crippen molar-refractivity contribution in [2.75, 3.05) is 0 Å². The summed E-state index contributed by atoms with van der Waals surface area (Å²) in [5.41, 5.74) is 1.76. The van der Waals surface area contributed by atoms with Gasteiger partial charge in [-0.15, -0.1) is 0 Å². The number of thiocarbonyl (C=S) groups is 1. The minimum Gasteiger partial charge on any atom is -0.550 e. The number of rotatable bonds is 5. The van der Waals surface area contributed by atoms with Crippen LogP contribution >= 0.6 is 24.0 Å². The van der Waals surface area contributed by atoms with Crippen LogP contribution in [0.3, 0.4) is 0 Å². The summed E-state index contributed by atoms with van der Waals surface area (Å²) in [6.07, 6.45) is 0.699. The van der Waals surface area contributed by atoms with E-state index in [4.69, 9.17) is 12.2 Å². The van der Waals surface area contributed by atoms with Gasteiger partial charge in [0.1, 0.15) is 4.32 Å². The summed E-state index contributed by atoms with van der Waals surface area (Å²) in [7, 11) is 0. The molecule has 23 heavy (non-hydrogen) atoms. The molecule has 8 heteroatoms. The van der Waals surface area contributed by atoms with Gasteiger partial charge in [0.25, 0.3) is 5.91 Å². The van der Waals surface area contributed by atoms with E-state index in [1.807, 2.05) is 25.1 Å². The van der Waals surface area contributed by atoms with E-state index in [0.29, 0.717) is 0 Å². The van der Waals surface area contributed by atoms with Crippen LogP contribution in [0.15, 0.2) is 29.2 Å². The fourth-order valence-corrected chi connectivity index (χ4v) is 3.45. The second-order valence-corrected chi connectivity index (χ2v) is 6.55. The summed E-state index contributed by atoms with van der Waals surface area (Å²) >= 11 is 5.93. The van der Waals surface area contributed by atoms with Crippen molar-refractivity contribution in [1.29, 1.82) is 0 Å². The monoisotopic (exact) mass is 349 g/mol. The number of carbonyl (C=O) groups is 3. The molecule has 1 aromatic rings. The van der Waals surface area contributed by atoms with Gasteiger partial charge in [0, 0.05) is 12.4 Å². The predicted molar refractivity (Wildman–Crippen MR) is 84.6 cm³/mol. The number of carboxylic acids is 2. The van der Waals surface area contributed by atoms with E-state index in [-0.39, 0.29) is 9.23 Å². The summed E-state index contributed by atoms with van der Waals surface area (Å²) in [5.74, 6) is -3.95. The fraction of sp³-hybridized carbons (Fsp3) is 0.200. The highest BCUT2D eigenvalue weighted by molar-refractivity contribution is 8.26. The van der Waals surface area contributed by atoms with E-state index < -0.39 is 30.3 Å². The SMILES string of the molecule is Cc1cccc(/C=C2\SC(=S)N([C@H](CC(=O)[O-])C(=O)[O-])C2=O)c1. The van der Waals surface area contributed by atoms with Gasteiger partial charge in [-0.05, 0) is 18.6 Å². The summed E-state index contributed by atoms with van der Waals surface area (Å²) in [6.45, 7) is 1.90. The van der Waals surface area contributed by atoms with Crippen LogP contribution < -0.4 is 10.2 Å². The van der Waals surface area contributed by atoms with Crippen molar-refractivity contribution in [2.24, 2.45) is 0 Å². The molecule has 1 saturated heterocycles. The van der Waals surface area contributed by atoms with Crippen LogP contribution in [0.4, 0.5) is 0 Å². The molecule has 1 aromatic carbocycles. The lowest BCUT2D eigenvalue weighted by molar-refractivity contribution is -0.319. The average Bonchev–Trinajstić information content (AvgIpc) is 2.71. The Hall–Kier alpha value is -2.19. The number of hydrogen-bond acceptors (Lipinski definition) is 7. The number of carbonyl (C=O) groups excluding carboxylic acids is 3. The topological polar surface area (TPSA) is 101 Å². The second-order valence-electron chi connectivity index (χ2n) is 4.88. The maximum atomic E-state index is 12.4. The van der Waals surface area contributed by atoms with Gasteiger partial charge in [-0.1, -0.05) is 53.8 Å². The third-order valence-corrected chi connectivity index (χ3v) is 4.44. The van der Waals surface area contributed by atoms with Crippen molar-refractivity contribution in [2.45, 2.75) is 19.4 Å². The van der Waals surface area contributed by atoms with E-state index in [2.05, 4.69) is 0 Å². The first-order valence-electron chi connectivity index (χ1n) is 6.54. The van der Waals surface area contributed by atoms with Gasteiger partial charge in [-0.25, -0.2) is 0 Å². The molecule has 1 amide bonds. The Kier molecular flexibility index (Phi) is 5.17. The molecule has 0 unspecified atom stereocenters. The Balaban J connectivity index is 2.32. The van der Waals surface area contributed by atoms with Crippen molar-refractivity contribution in [3.05, 3.63) is 40.3 Å². The Morgan fingerprint density at radius 1 is 1.39 bits per heavy atom. The largest absolute Gasteiger partial charge is 0.550 e. The first-order valence-corrected chi connectivity index (χ1v) is 7.76. The molecule has 120 valence electrons. The number of nitrogens with zero attached hydrogens (tertiary/aromatic N) is 1. The molecular weight excluding hydrogens is 338 g/mol. The molecular formula is C15H11NO5S2-2. The Bertz CT molecular complexity index is 728. The molecule has 2 rings (SSSR count). The number of thioether (sulfide) groups is 1. The van der Waals surface area contributed by atoms with Gasteiger partial charge in [0.15, 0.2) is 0 Å². The molecule has 1 heterocycles. The quantitative estimate of drug-likeness (QED) is 0.519. The Labute approximate surface area is 141 Å². The van der Waals surface area contributed by atoms with Crippen molar-refractivity contribution < 1.29 is 24.6 Å². The van der Waals surface area contributed by atoms with Gasteiger partial charge in [0.05, 0.1) is 16.9 Å². The normalized spacial score (nSPS) is 17.6. The first-order chi connectivity index (χ1) is 10.8. The Morgan fingerprint density at radius 2 is 2.09 bits per heavy atom. The summed E-state index contributed by atoms with van der Waals surface area (Å²) < 4.78 is -0.0237. The van der Waals surface area contributed by atoms with E-state index >= 15 is 0 Å². The maximum absolute atomic E-state index is 12.4. The molecule has 0 spiro atoms. The number of hydrogen-bond donors (Lipinski definition) is 0. The maximum Gasteiger partial charge on any atom is 0.266 e. The molecule has 1 aliphatic rings. The number of carboxylic acid groups (broad SMARTS) is 2. The number of aliphatic carboxylic acids is 2. The summed E-state index contributed by atoms with van der Waals surface area (Å²) in [5, 5.41) is 21.8. The minimum atomic E-state index is -1.69. The lowest BCUT2D eigenvalue weighted by Gasteiger charge is -2.27. The molecule has 0 aliphatic carbocycles. The summed E-state index contributed by atoms with van der Waals surface area (Å²) in [6, 6.07) is 5.67. The second kappa shape index (κ2) is 6.93. The minimum absolute atomic E-state index is 0.0237. The first kappa shape index (κ1) is 17.2. The van der Waals surface area contributed by atoms with Gasteiger partial charge in [0.2, 0.25) is 0 Å². The zero-order valence-electron chi connectivity index (χ0n) is 12.0. The average molecular weight is 349 g/mol. The van der Waals surface area contributed by atoms with Crippen LogP contribution in [0, 0.1) is 6.92 Å². The smallest absolute Gasteiger partial charge is 0.266 e. The van der Waals surface area contributed by atoms with Gasteiger partial charge in [-0.2, -0.15) is 0 Å². The number of amides is 1. The third kappa shape index (κ3) is 3.96. The highest BCUT2D eigenvalue weighted by atomic mass is 32.2. The highest BCUT2D eigenvalue weighted by Gasteiger charge is 2.37. The van der Waals surface area contributed by atoms with E-state index in [0.717, 1.165) is 27.8 Å². The van der Waals surface area contributed by atoms with E-state index in [9.17, 15) is 24.6 Å². The molecule has 1 aliphatic heterocycles. The van der Waals surface area contributed by atoms with E-state index in [1.165, 1.54) is 0 Å². The van der Waals surface area contributed by atoms with E-state index in [1.54, 1.807) is 12.1 Å². The molecule has 0 bridgehead atoms. The van der Waals surface area contributed by atoms with Crippen molar-refractivity contribution in [3.8, 4) is 0 Å². The molecule has 0 N–H and O–H groups in total. The fourth-order valence-electron chi connectivity index (χ4n) is 2.10. The van der Waals surface area contributed by atoms with Crippen molar-refractivity contribution >= 4 is 52.2 Å². The predicted octanol–water partition coefficient (Wildman–Crippen LogP) is -0.545. The van der Waals surface area contributed by atoms with Crippen molar-refractivity contribution in [3.63, 3.8) is 0 Å². The lowest BCUT2D eigenvalue weighted by atomic mass is 10.1. The van der Waals surface area contributed by atoms with Crippen LogP contribution in [0.5, 0.6) is 0 Å². The number of benzene rings is 1. The molecule has 1 fully saturated rings. The number of aryl methyl sites for hydroxylation is 1. The van der Waals surface area contributed by atoms with Gasteiger partial charge >= 0.3 is 0 Å². The van der Waals surface area contributed by atoms with Crippen LogP contribution in [-0.2, 0) is 14.4 Å². The molecule has 0 saturated carbocycles. The zero-order chi connectivity index (χ0) is 17.1. The van der Waals surface area contributed by atoms with Crippen LogP contribution in [0.1, 0.15) is 17.5 Å². The standard InChI is InChI=1S/C15H13NO5S2/c1-8-3-2-4-9(5-8)6-11-13(19)16(15(22)23-11)10(14(20)21)7-12(17)18/h2-6,10H,7H2,1H3,(H,17,18)(H,20,21)/p-2/b11-6-/t10-/m1/s1. The van der Waals surface area contributed by atoms with Crippen molar-refractivity contribution in [1.82, 2.24) is 4.90 Å². The molecule has 6 nitrogen and oxygen atoms in total. The Morgan fingerprint density at radius 3 is 2.65 bits per heavy atom. The molecule has 0 radical (unpaired) electrons.